The molecule has 0 saturated carbocycles. The molecule has 0 aliphatic heterocycles. The van der Waals surface area contributed by atoms with E-state index < -0.39 is 0 Å². The zero-order valence-electron chi connectivity index (χ0n) is 9.99. The van der Waals surface area contributed by atoms with Gasteiger partial charge in [-0.15, -0.1) is 10.2 Å². The Labute approximate surface area is 107 Å². The SMILES string of the molecule is COCCN(C(=O)c1ccno1)c1nnc(C)s1. The van der Waals surface area contributed by atoms with Crippen LogP contribution in [0.1, 0.15) is 15.6 Å². The maximum atomic E-state index is 12.2. The first kappa shape index (κ1) is 12.7. The lowest BCUT2D eigenvalue weighted by molar-refractivity contribution is 0.0940. The van der Waals surface area contributed by atoms with Gasteiger partial charge in [-0.05, 0) is 6.92 Å². The summed E-state index contributed by atoms with van der Waals surface area (Å²) in [5.41, 5.74) is 0. The molecule has 96 valence electrons. The van der Waals surface area contributed by atoms with Crippen molar-refractivity contribution in [3.8, 4) is 0 Å². The van der Waals surface area contributed by atoms with E-state index in [-0.39, 0.29) is 11.7 Å². The first-order valence-electron chi connectivity index (χ1n) is 5.24. The molecule has 0 N–H and O–H groups in total. The Bertz CT molecular complexity index is 511. The molecule has 18 heavy (non-hydrogen) atoms. The fourth-order valence-electron chi connectivity index (χ4n) is 1.32. The highest BCUT2D eigenvalue weighted by Gasteiger charge is 2.23. The van der Waals surface area contributed by atoms with Crippen LogP contribution in [0.4, 0.5) is 5.13 Å². The fourth-order valence-corrected chi connectivity index (χ4v) is 2.03. The highest BCUT2D eigenvalue weighted by Crippen LogP contribution is 2.21. The third-order valence-electron chi connectivity index (χ3n) is 2.16. The van der Waals surface area contributed by atoms with Crippen molar-refractivity contribution in [2.24, 2.45) is 0 Å². The van der Waals surface area contributed by atoms with Gasteiger partial charge in [0.2, 0.25) is 10.9 Å². The average Bonchev–Trinajstić information content (AvgIpc) is 3.00. The molecule has 0 aliphatic rings. The molecule has 0 unspecified atom stereocenters. The Balaban J connectivity index is 2.22. The van der Waals surface area contributed by atoms with Crippen molar-refractivity contribution in [3.63, 3.8) is 0 Å². The molecular formula is C10H12N4O3S. The van der Waals surface area contributed by atoms with Crippen LogP contribution in [0.3, 0.4) is 0 Å². The second-order valence-corrected chi connectivity index (χ2v) is 4.59. The van der Waals surface area contributed by atoms with Crippen LogP contribution >= 0.6 is 11.3 Å². The van der Waals surface area contributed by atoms with E-state index in [0.717, 1.165) is 5.01 Å². The normalized spacial score (nSPS) is 10.6. The molecule has 2 heterocycles. The predicted molar refractivity (Wildman–Crippen MR) is 64.7 cm³/mol. The summed E-state index contributed by atoms with van der Waals surface area (Å²) in [7, 11) is 1.57. The largest absolute Gasteiger partial charge is 0.383 e. The molecule has 0 radical (unpaired) electrons. The zero-order chi connectivity index (χ0) is 13.0. The van der Waals surface area contributed by atoms with Crippen molar-refractivity contribution < 1.29 is 14.1 Å². The molecule has 1 amide bonds. The number of carbonyl (C=O) groups excluding carboxylic acids is 1. The van der Waals surface area contributed by atoms with Crippen molar-refractivity contribution in [1.29, 1.82) is 0 Å². The lowest BCUT2D eigenvalue weighted by Crippen LogP contribution is -2.33. The number of rotatable bonds is 5. The van der Waals surface area contributed by atoms with Crippen molar-refractivity contribution in [2.75, 3.05) is 25.2 Å². The van der Waals surface area contributed by atoms with E-state index in [0.29, 0.717) is 18.3 Å². The molecule has 2 aromatic rings. The Hall–Kier alpha value is -1.80. The molecule has 7 nitrogen and oxygen atoms in total. The van der Waals surface area contributed by atoms with Crippen LogP contribution < -0.4 is 4.90 Å². The van der Waals surface area contributed by atoms with Crippen LogP contribution in [0.15, 0.2) is 16.8 Å². The summed E-state index contributed by atoms with van der Waals surface area (Å²) in [6.45, 7) is 2.61. The van der Waals surface area contributed by atoms with E-state index in [1.54, 1.807) is 7.11 Å². The molecule has 8 heteroatoms. The third-order valence-corrected chi connectivity index (χ3v) is 3.02. The van der Waals surface area contributed by atoms with E-state index in [2.05, 4.69) is 15.4 Å². The van der Waals surface area contributed by atoms with Gasteiger partial charge < -0.3 is 9.26 Å². The summed E-state index contributed by atoms with van der Waals surface area (Å²) in [5.74, 6) is -0.139. The summed E-state index contributed by atoms with van der Waals surface area (Å²) in [6, 6.07) is 1.51. The molecule has 0 aliphatic carbocycles. The number of aromatic nitrogens is 3. The van der Waals surface area contributed by atoms with Crippen LogP contribution in [-0.4, -0.2) is 41.5 Å². The average molecular weight is 268 g/mol. The highest BCUT2D eigenvalue weighted by atomic mass is 32.1. The van der Waals surface area contributed by atoms with E-state index in [1.807, 2.05) is 6.92 Å². The van der Waals surface area contributed by atoms with E-state index >= 15 is 0 Å². The maximum absolute atomic E-state index is 12.2. The molecule has 0 saturated heterocycles. The Morgan fingerprint density at radius 1 is 1.56 bits per heavy atom. The Morgan fingerprint density at radius 3 is 2.94 bits per heavy atom. The van der Waals surface area contributed by atoms with Gasteiger partial charge in [0.25, 0.3) is 5.91 Å². The van der Waals surface area contributed by atoms with Crippen molar-refractivity contribution in [3.05, 3.63) is 23.0 Å². The van der Waals surface area contributed by atoms with Gasteiger partial charge >= 0.3 is 0 Å². The number of hydrogen-bond donors (Lipinski definition) is 0. The number of anilines is 1. The van der Waals surface area contributed by atoms with Crippen LogP contribution in [-0.2, 0) is 4.74 Å². The Morgan fingerprint density at radius 2 is 2.39 bits per heavy atom. The van der Waals surface area contributed by atoms with Gasteiger partial charge in [-0.2, -0.15) is 0 Å². The van der Waals surface area contributed by atoms with Gasteiger partial charge in [0.05, 0.1) is 19.3 Å². The number of nitrogens with zero attached hydrogens (tertiary/aromatic N) is 4. The number of ether oxygens (including phenoxy) is 1. The minimum atomic E-state index is -0.305. The smallest absolute Gasteiger partial charge is 0.298 e. The summed E-state index contributed by atoms with van der Waals surface area (Å²) < 4.78 is 9.84. The number of methoxy groups -OCH3 is 1. The number of hydrogen-bond acceptors (Lipinski definition) is 7. The minimum Gasteiger partial charge on any atom is -0.383 e. The predicted octanol–water partition coefficient (Wildman–Crippen LogP) is 1.13. The van der Waals surface area contributed by atoms with Gasteiger partial charge in [0.1, 0.15) is 5.01 Å². The monoisotopic (exact) mass is 268 g/mol. The van der Waals surface area contributed by atoms with Gasteiger partial charge in [0.15, 0.2) is 0 Å². The first-order valence-corrected chi connectivity index (χ1v) is 6.05. The van der Waals surface area contributed by atoms with E-state index in [4.69, 9.17) is 9.26 Å². The number of amides is 1. The second-order valence-electron chi connectivity index (χ2n) is 3.43. The quantitative estimate of drug-likeness (QED) is 0.808. The molecule has 0 atom stereocenters. The van der Waals surface area contributed by atoms with Crippen molar-refractivity contribution in [1.82, 2.24) is 15.4 Å². The van der Waals surface area contributed by atoms with Crippen LogP contribution in [0.2, 0.25) is 0 Å². The second kappa shape index (κ2) is 5.69. The first-order chi connectivity index (χ1) is 8.72. The molecule has 0 fully saturated rings. The van der Waals surface area contributed by atoms with Crippen LogP contribution in [0.25, 0.3) is 0 Å². The molecule has 2 rings (SSSR count). The summed E-state index contributed by atoms with van der Waals surface area (Å²) in [6.07, 6.45) is 1.42. The highest BCUT2D eigenvalue weighted by molar-refractivity contribution is 7.15. The lowest BCUT2D eigenvalue weighted by Gasteiger charge is -2.16. The van der Waals surface area contributed by atoms with Gasteiger partial charge in [-0.1, -0.05) is 16.5 Å². The standard InChI is InChI=1S/C10H12N4O3S/c1-7-12-13-10(18-7)14(5-6-16-2)9(15)8-3-4-11-17-8/h3-4H,5-6H2,1-2H3. The number of carbonyl (C=O) groups is 1. The summed E-state index contributed by atoms with van der Waals surface area (Å²) >= 11 is 1.34. The number of aryl methyl sites for hydroxylation is 1. The molecular weight excluding hydrogens is 256 g/mol. The van der Waals surface area contributed by atoms with Gasteiger partial charge in [0, 0.05) is 13.2 Å². The topological polar surface area (TPSA) is 81.4 Å². The molecule has 0 spiro atoms. The molecule has 2 aromatic heterocycles. The van der Waals surface area contributed by atoms with Gasteiger partial charge in [-0.25, -0.2) is 0 Å². The third kappa shape index (κ3) is 2.71. The fraction of sp³-hybridized carbons (Fsp3) is 0.400. The van der Waals surface area contributed by atoms with Crippen LogP contribution in [0, 0.1) is 6.92 Å². The zero-order valence-corrected chi connectivity index (χ0v) is 10.8. The van der Waals surface area contributed by atoms with Crippen LogP contribution in [0.5, 0.6) is 0 Å². The van der Waals surface area contributed by atoms with E-state index in [9.17, 15) is 4.79 Å². The lowest BCUT2D eigenvalue weighted by atomic mass is 10.4. The van der Waals surface area contributed by atoms with Crippen molar-refractivity contribution in [2.45, 2.75) is 6.92 Å². The summed E-state index contributed by atoms with van der Waals surface area (Å²) in [4.78, 5) is 13.7. The Kier molecular flexibility index (Phi) is 4.00. The molecule has 0 aromatic carbocycles. The summed E-state index contributed by atoms with van der Waals surface area (Å²) in [5, 5.41) is 12.7. The maximum Gasteiger partial charge on any atom is 0.298 e. The van der Waals surface area contributed by atoms with Gasteiger partial charge in [-0.3, -0.25) is 9.69 Å². The molecule has 0 bridgehead atoms. The minimum absolute atomic E-state index is 0.166. The van der Waals surface area contributed by atoms with E-state index in [1.165, 1.54) is 28.5 Å². The van der Waals surface area contributed by atoms with Crippen molar-refractivity contribution >= 4 is 22.4 Å².